The van der Waals surface area contributed by atoms with Crippen molar-refractivity contribution >= 4 is 34.0 Å². The number of anilines is 1. The molecule has 0 amide bonds. The van der Waals surface area contributed by atoms with Crippen LogP contribution in [0.3, 0.4) is 0 Å². The number of fused-ring (bicyclic) bond motifs is 1. The Labute approximate surface area is 160 Å². The molecule has 0 spiro atoms. The van der Waals surface area contributed by atoms with Crippen LogP contribution in [0.1, 0.15) is 24.1 Å². The van der Waals surface area contributed by atoms with Gasteiger partial charge in [-0.15, -0.1) is 0 Å². The summed E-state index contributed by atoms with van der Waals surface area (Å²) in [5.41, 5.74) is -1.58. The second-order valence-electron chi connectivity index (χ2n) is 5.83. The van der Waals surface area contributed by atoms with Gasteiger partial charge in [-0.05, 0) is 24.6 Å². The molecule has 28 heavy (non-hydrogen) atoms. The zero-order valence-electron chi connectivity index (χ0n) is 14.0. The van der Waals surface area contributed by atoms with Crippen LogP contribution in [-0.2, 0) is 6.18 Å². The summed E-state index contributed by atoms with van der Waals surface area (Å²) in [6.07, 6.45) is -3.45. The third-order valence-corrected chi connectivity index (χ3v) is 4.08. The molecule has 2 heterocycles. The molecule has 0 saturated carbocycles. The Hall–Kier alpha value is -3.21. The molecular weight excluding hydrogens is 403 g/mol. The lowest BCUT2D eigenvalue weighted by atomic mass is 10.0. The summed E-state index contributed by atoms with van der Waals surface area (Å²) in [7, 11) is 0. The van der Waals surface area contributed by atoms with Crippen molar-refractivity contribution in [3.8, 4) is 6.01 Å². The Bertz CT molecular complexity index is 1080. The van der Waals surface area contributed by atoms with Gasteiger partial charge in [-0.25, -0.2) is 4.98 Å². The van der Waals surface area contributed by atoms with Crippen molar-refractivity contribution in [3.63, 3.8) is 0 Å². The standard InChI is InChI=1S/C16H11ClF3N5O3/c1-7(8-2-9(16(18,19)20)4-10(3-8)25(27)28)22-14-11-5-13(17)21-6-12(11)23-15(26)24-14/h2-7H,1H3,(H2,22,23,24,26)/t7-/m1/s1. The minimum Gasteiger partial charge on any atom is -0.479 e. The summed E-state index contributed by atoms with van der Waals surface area (Å²) in [5, 5.41) is 24.0. The van der Waals surface area contributed by atoms with Gasteiger partial charge in [0.05, 0.1) is 28.2 Å². The van der Waals surface area contributed by atoms with E-state index in [4.69, 9.17) is 11.6 Å². The summed E-state index contributed by atoms with van der Waals surface area (Å²) in [6.45, 7) is 1.49. The number of non-ortho nitro benzene ring substituents is 1. The van der Waals surface area contributed by atoms with E-state index < -0.39 is 34.4 Å². The first kappa shape index (κ1) is 19.5. The summed E-state index contributed by atoms with van der Waals surface area (Å²) in [5.74, 6) is 0.0827. The lowest BCUT2D eigenvalue weighted by Crippen LogP contribution is -2.12. The van der Waals surface area contributed by atoms with Crippen molar-refractivity contribution in [1.29, 1.82) is 0 Å². The monoisotopic (exact) mass is 413 g/mol. The van der Waals surface area contributed by atoms with Crippen molar-refractivity contribution in [1.82, 2.24) is 15.0 Å². The summed E-state index contributed by atoms with van der Waals surface area (Å²) in [6, 6.07) is 2.31. The SMILES string of the molecule is C[C@@H](Nc1nc(O)nc2cnc(Cl)cc12)c1cc([N+](=O)[O-])cc(C(F)(F)F)c1. The molecule has 0 aliphatic heterocycles. The van der Waals surface area contributed by atoms with Crippen molar-refractivity contribution in [2.24, 2.45) is 0 Å². The smallest absolute Gasteiger partial charge is 0.416 e. The molecular formula is C16H11ClF3N5O3. The zero-order valence-corrected chi connectivity index (χ0v) is 14.8. The number of benzene rings is 1. The van der Waals surface area contributed by atoms with Crippen LogP contribution in [0, 0.1) is 10.1 Å². The first-order chi connectivity index (χ1) is 13.0. The number of halogens is 4. The van der Waals surface area contributed by atoms with Crippen LogP contribution in [0.5, 0.6) is 6.01 Å². The Balaban J connectivity index is 2.05. The fourth-order valence-corrected chi connectivity index (χ4v) is 2.70. The Morgan fingerprint density at radius 2 is 1.96 bits per heavy atom. The molecule has 3 rings (SSSR count). The van der Waals surface area contributed by atoms with E-state index in [0.29, 0.717) is 11.5 Å². The van der Waals surface area contributed by atoms with E-state index in [1.54, 1.807) is 0 Å². The number of aromatic nitrogens is 3. The van der Waals surface area contributed by atoms with E-state index in [1.807, 2.05) is 0 Å². The molecule has 0 aliphatic carbocycles. The van der Waals surface area contributed by atoms with Crippen LogP contribution in [0.4, 0.5) is 24.7 Å². The lowest BCUT2D eigenvalue weighted by molar-refractivity contribution is -0.385. The van der Waals surface area contributed by atoms with Crippen molar-refractivity contribution in [2.75, 3.05) is 5.32 Å². The number of nitro benzene ring substituents is 1. The van der Waals surface area contributed by atoms with E-state index in [1.165, 1.54) is 19.2 Å². The molecule has 1 aromatic carbocycles. The number of pyridine rings is 1. The predicted octanol–water partition coefficient (Wildman–Crippen LogP) is 4.48. The molecule has 2 aromatic heterocycles. The maximum atomic E-state index is 13.1. The maximum Gasteiger partial charge on any atom is 0.416 e. The Morgan fingerprint density at radius 1 is 1.25 bits per heavy atom. The first-order valence-corrected chi connectivity index (χ1v) is 8.08. The van der Waals surface area contributed by atoms with E-state index in [9.17, 15) is 28.4 Å². The van der Waals surface area contributed by atoms with Gasteiger partial charge in [0.25, 0.3) is 5.69 Å². The molecule has 0 bridgehead atoms. The first-order valence-electron chi connectivity index (χ1n) is 7.70. The van der Waals surface area contributed by atoms with E-state index in [2.05, 4.69) is 20.3 Å². The fraction of sp³-hybridized carbons (Fsp3) is 0.188. The molecule has 0 saturated heterocycles. The molecule has 8 nitrogen and oxygen atoms in total. The van der Waals surface area contributed by atoms with Crippen molar-refractivity contribution in [3.05, 3.63) is 56.9 Å². The second kappa shape index (κ2) is 7.08. The highest BCUT2D eigenvalue weighted by molar-refractivity contribution is 6.30. The Morgan fingerprint density at radius 3 is 2.61 bits per heavy atom. The number of hydrogen-bond donors (Lipinski definition) is 2. The molecule has 3 aromatic rings. The predicted molar refractivity (Wildman–Crippen MR) is 94.1 cm³/mol. The van der Waals surface area contributed by atoms with E-state index in [0.717, 1.165) is 12.1 Å². The third kappa shape index (κ3) is 4.03. The lowest BCUT2D eigenvalue weighted by Gasteiger charge is -2.18. The number of aromatic hydroxyl groups is 1. The minimum atomic E-state index is -4.75. The van der Waals surface area contributed by atoms with Gasteiger partial charge in [-0.2, -0.15) is 23.1 Å². The number of rotatable bonds is 4. The largest absolute Gasteiger partial charge is 0.479 e. The number of hydrogen-bond acceptors (Lipinski definition) is 7. The number of nitrogens with one attached hydrogen (secondary N) is 1. The maximum absolute atomic E-state index is 13.1. The van der Waals surface area contributed by atoms with Crippen LogP contribution in [0.25, 0.3) is 10.9 Å². The van der Waals surface area contributed by atoms with Gasteiger partial charge >= 0.3 is 12.2 Å². The molecule has 0 unspecified atom stereocenters. The van der Waals surface area contributed by atoms with E-state index in [-0.39, 0.29) is 22.1 Å². The normalized spacial score (nSPS) is 12.8. The van der Waals surface area contributed by atoms with Gasteiger partial charge in [-0.3, -0.25) is 10.1 Å². The zero-order chi connectivity index (χ0) is 20.6. The Kier molecular flexibility index (Phi) is 4.94. The molecule has 146 valence electrons. The molecule has 2 N–H and O–H groups in total. The quantitative estimate of drug-likeness (QED) is 0.368. The molecule has 0 aliphatic rings. The average molecular weight is 414 g/mol. The van der Waals surface area contributed by atoms with Crippen molar-refractivity contribution in [2.45, 2.75) is 19.1 Å². The topological polar surface area (TPSA) is 114 Å². The minimum absolute atomic E-state index is 0.00734. The van der Waals surface area contributed by atoms with E-state index >= 15 is 0 Å². The molecule has 12 heteroatoms. The number of alkyl halides is 3. The van der Waals surface area contributed by atoms with Crippen LogP contribution in [0.15, 0.2) is 30.5 Å². The molecule has 0 radical (unpaired) electrons. The highest BCUT2D eigenvalue weighted by atomic mass is 35.5. The van der Waals surface area contributed by atoms with Gasteiger partial charge < -0.3 is 10.4 Å². The second-order valence-corrected chi connectivity index (χ2v) is 6.22. The highest BCUT2D eigenvalue weighted by Crippen LogP contribution is 2.35. The summed E-state index contributed by atoms with van der Waals surface area (Å²) < 4.78 is 39.3. The van der Waals surface area contributed by atoms with Gasteiger partial charge in [0.2, 0.25) is 0 Å². The number of nitro groups is 1. The van der Waals surface area contributed by atoms with Crippen LogP contribution in [0.2, 0.25) is 5.15 Å². The highest BCUT2D eigenvalue weighted by Gasteiger charge is 2.33. The van der Waals surface area contributed by atoms with Crippen LogP contribution in [-0.4, -0.2) is 25.0 Å². The summed E-state index contributed by atoms with van der Waals surface area (Å²) in [4.78, 5) is 21.6. The molecule has 0 fully saturated rings. The fourth-order valence-electron chi connectivity index (χ4n) is 2.55. The van der Waals surface area contributed by atoms with Gasteiger partial charge in [0.1, 0.15) is 11.0 Å². The van der Waals surface area contributed by atoms with Crippen molar-refractivity contribution < 1.29 is 23.2 Å². The third-order valence-electron chi connectivity index (χ3n) is 3.87. The van der Waals surface area contributed by atoms with Crippen LogP contribution >= 0.6 is 11.6 Å². The number of nitrogens with zero attached hydrogens (tertiary/aromatic N) is 4. The average Bonchev–Trinajstić information content (AvgIpc) is 2.61. The van der Waals surface area contributed by atoms with Gasteiger partial charge in [0.15, 0.2) is 0 Å². The van der Waals surface area contributed by atoms with Gasteiger partial charge in [-0.1, -0.05) is 11.6 Å². The molecule has 1 atom stereocenters. The summed E-state index contributed by atoms with van der Waals surface area (Å²) >= 11 is 5.85. The van der Waals surface area contributed by atoms with Gasteiger partial charge in [0, 0.05) is 17.5 Å². The van der Waals surface area contributed by atoms with Crippen LogP contribution < -0.4 is 5.32 Å².